The minimum Gasteiger partial charge on any atom is -0.497 e. The summed E-state index contributed by atoms with van der Waals surface area (Å²) < 4.78 is 5.16. The third-order valence-corrected chi connectivity index (χ3v) is 5.32. The number of thiocarbonyl (C=S) groups is 1. The summed E-state index contributed by atoms with van der Waals surface area (Å²) in [4.78, 5) is 2.58. The number of hydrogen-bond acceptors (Lipinski definition) is 3. The lowest BCUT2D eigenvalue weighted by molar-refractivity contribution is 0.0215. The summed E-state index contributed by atoms with van der Waals surface area (Å²) in [5, 5.41) is 7.27. The van der Waals surface area contributed by atoms with Gasteiger partial charge in [0.25, 0.3) is 0 Å². The predicted octanol–water partition coefficient (Wildman–Crippen LogP) is 2.88. The van der Waals surface area contributed by atoms with Crippen LogP contribution in [0.5, 0.6) is 5.75 Å². The number of fused-ring (bicyclic) bond motifs is 3. The van der Waals surface area contributed by atoms with Crippen LogP contribution in [0, 0.1) is 11.8 Å². The van der Waals surface area contributed by atoms with Gasteiger partial charge in [-0.3, -0.25) is 4.90 Å². The number of rotatable bonds is 5. The molecule has 0 saturated carbocycles. The summed E-state index contributed by atoms with van der Waals surface area (Å²) in [6.07, 6.45) is 4.69. The Hall–Kier alpha value is -1.59. The molecule has 0 spiro atoms. The van der Waals surface area contributed by atoms with Crippen molar-refractivity contribution in [2.45, 2.75) is 18.9 Å². The van der Waals surface area contributed by atoms with Gasteiger partial charge in [-0.25, -0.2) is 0 Å². The van der Waals surface area contributed by atoms with Gasteiger partial charge in [0.1, 0.15) is 5.75 Å². The lowest BCUT2D eigenvalue weighted by atomic mass is 9.76. The van der Waals surface area contributed by atoms with Crippen molar-refractivity contribution in [3.63, 3.8) is 0 Å². The second-order valence-electron chi connectivity index (χ2n) is 6.40. The fourth-order valence-electron chi connectivity index (χ4n) is 3.72. The summed E-state index contributed by atoms with van der Waals surface area (Å²) in [6, 6.07) is 8.36. The molecule has 3 aliphatic heterocycles. The van der Waals surface area contributed by atoms with Gasteiger partial charge in [-0.15, -0.1) is 6.58 Å². The van der Waals surface area contributed by atoms with Crippen LogP contribution >= 0.6 is 12.2 Å². The number of anilines is 1. The molecule has 5 heteroatoms. The fourth-order valence-corrected chi connectivity index (χ4v) is 3.92. The van der Waals surface area contributed by atoms with E-state index in [2.05, 4.69) is 28.2 Å². The normalized spacial score (nSPS) is 28.9. The lowest BCUT2D eigenvalue weighted by Gasteiger charge is -2.49. The molecule has 1 aromatic rings. The molecule has 2 bridgehead atoms. The van der Waals surface area contributed by atoms with E-state index >= 15 is 0 Å². The van der Waals surface area contributed by atoms with E-state index in [1.54, 1.807) is 7.11 Å². The van der Waals surface area contributed by atoms with Crippen LogP contribution in [0.3, 0.4) is 0 Å². The molecule has 3 aliphatic rings. The summed E-state index contributed by atoms with van der Waals surface area (Å²) in [5.74, 6) is 2.31. The number of ether oxygens (including phenoxy) is 1. The predicted molar refractivity (Wildman–Crippen MR) is 99.0 cm³/mol. The van der Waals surface area contributed by atoms with Gasteiger partial charge in [-0.05, 0) is 67.7 Å². The summed E-state index contributed by atoms with van der Waals surface area (Å²) >= 11 is 5.41. The summed E-state index contributed by atoms with van der Waals surface area (Å²) in [6.45, 7) is 7.24. The fraction of sp³-hybridized carbons (Fsp3) is 0.500. The quantitative estimate of drug-likeness (QED) is 0.641. The highest BCUT2D eigenvalue weighted by Crippen LogP contribution is 2.36. The Morgan fingerprint density at radius 3 is 2.83 bits per heavy atom. The smallest absolute Gasteiger partial charge is 0.170 e. The minimum absolute atomic E-state index is 0.584. The Labute approximate surface area is 143 Å². The molecular weight excluding hydrogens is 306 g/mol. The maximum atomic E-state index is 5.41. The molecule has 0 amide bonds. The van der Waals surface area contributed by atoms with E-state index in [0.717, 1.165) is 30.4 Å². The first-order chi connectivity index (χ1) is 11.2. The average Bonchev–Trinajstić information content (AvgIpc) is 2.61. The number of nitrogens with one attached hydrogen (secondary N) is 2. The first-order valence-corrected chi connectivity index (χ1v) is 8.66. The Morgan fingerprint density at radius 2 is 2.22 bits per heavy atom. The van der Waals surface area contributed by atoms with Crippen molar-refractivity contribution in [3.8, 4) is 5.75 Å². The van der Waals surface area contributed by atoms with Gasteiger partial charge >= 0.3 is 0 Å². The van der Waals surface area contributed by atoms with E-state index in [-0.39, 0.29) is 0 Å². The maximum Gasteiger partial charge on any atom is 0.170 e. The highest BCUT2D eigenvalue weighted by atomic mass is 32.1. The second-order valence-corrected chi connectivity index (χ2v) is 6.80. The number of methoxy groups -OCH3 is 1. The zero-order valence-corrected chi connectivity index (χ0v) is 14.4. The molecule has 0 radical (unpaired) electrons. The summed E-state index contributed by atoms with van der Waals surface area (Å²) in [5.41, 5.74) is 0.973. The van der Waals surface area contributed by atoms with Crippen molar-refractivity contribution < 1.29 is 4.74 Å². The molecule has 0 aliphatic carbocycles. The van der Waals surface area contributed by atoms with Gasteiger partial charge in [0, 0.05) is 24.8 Å². The number of benzene rings is 1. The van der Waals surface area contributed by atoms with Crippen molar-refractivity contribution in [2.75, 3.05) is 32.1 Å². The van der Waals surface area contributed by atoms with Crippen LogP contribution in [0.25, 0.3) is 0 Å². The van der Waals surface area contributed by atoms with E-state index in [1.807, 2.05) is 24.3 Å². The number of nitrogens with zero attached hydrogens (tertiary/aromatic N) is 1. The first-order valence-electron chi connectivity index (χ1n) is 8.25. The van der Waals surface area contributed by atoms with Crippen LogP contribution in [-0.4, -0.2) is 42.8 Å². The molecule has 4 atom stereocenters. The molecule has 1 aromatic carbocycles. The Balaban J connectivity index is 1.47. The SMILES string of the molecule is C=C[C@H]1CN2CC[C@@H]1C[C@@H]2CNC(=S)Nc1ccc(OC)cc1. The average molecular weight is 331 g/mol. The molecule has 0 aromatic heterocycles. The van der Waals surface area contributed by atoms with E-state index in [0.29, 0.717) is 17.1 Å². The van der Waals surface area contributed by atoms with Crippen molar-refractivity contribution in [1.29, 1.82) is 0 Å². The minimum atomic E-state index is 0.584. The largest absolute Gasteiger partial charge is 0.497 e. The van der Waals surface area contributed by atoms with E-state index in [9.17, 15) is 0 Å². The molecule has 3 saturated heterocycles. The summed E-state index contributed by atoms with van der Waals surface area (Å²) in [7, 11) is 1.67. The Morgan fingerprint density at radius 1 is 1.43 bits per heavy atom. The maximum absolute atomic E-state index is 5.41. The third kappa shape index (κ3) is 3.85. The van der Waals surface area contributed by atoms with Crippen LogP contribution in [0.2, 0.25) is 0 Å². The topological polar surface area (TPSA) is 36.5 Å². The van der Waals surface area contributed by atoms with Crippen molar-refractivity contribution in [1.82, 2.24) is 10.2 Å². The van der Waals surface area contributed by atoms with Crippen LogP contribution in [0.1, 0.15) is 12.8 Å². The van der Waals surface area contributed by atoms with Gasteiger partial charge in [0.2, 0.25) is 0 Å². The molecule has 23 heavy (non-hydrogen) atoms. The number of hydrogen-bond donors (Lipinski definition) is 2. The zero-order chi connectivity index (χ0) is 16.2. The number of piperidine rings is 3. The van der Waals surface area contributed by atoms with Crippen LogP contribution in [0.15, 0.2) is 36.9 Å². The van der Waals surface area contributed by atoms with E-state index < -0.39 is 0 Å². The molecule has 2 N–H and O–H groups in total. The van der Waals surface area contributed by atoms with Gasteiger partial charge < -0.3 is 15.4 Å². The highest BCUT2D eigenvalue weighted by molar-refractivity contribution is 7.80. The van der Waals surface area contributed by atoms with Gasteiger partial charge in [0.15, 0.2) is 5.11 Å². The molecule has 124 valence electrons. The van der Waals surface area contributed by atoms with E-state index in [4.69, 9.17) is 17.0 Å². The van der Waals surface area contributed by atoms with Crippen LogP contribution in [-0.2, 0) is 0 Å². The van der Waals surface area contributed by atoms with E-state index in [1.165, 1.54) is 19.4 Å². The van der Waals surface area contributed by atoms with Crippen LogP contribution in [0.4, 0.5) is 5.69 Å². The van der Waals surface area contributed by atoms with Crippen molar-refractivity contribution >= 4 is 23.0 Å². The standard InChI is InChI=1S/C18H25N3OS/c1-3-13-12-21-9-8-14(13)10-16(21)11-19-18(23)20-15-4-6-17(22-2)7-5-15/h3-7,13-14,16H,1,8-12H2,2H3,(H2,19,20,23)/t13-,14+,16+/m0/s1. The molecule has 4 rings (SSSR count). The van der Waals surface area contributed by atoms with Crippen molar-refractivity contribution in [2.24, 2.45) is 11.8 Å². The molecule has 3 heterocycles. The first kappa shape index (κ1) is 16.3. The highest BCUT2D eigenvalue weighted by Gasteiger charge is 2.38. The second kappa shape index (κ2) is 7.32. The third-order valence-electron chi connectivity index (χ3n) is 5.08. The van der Waals surface area contributed by atoms with Crippen LogP contribution < -0.4 is 15.4 Å². The molecule has 1 unspecified atom stereocenters. The lowest BCUT2D eigenvalue weighted by Crippen LogP contribution is -2.56. The molecule has 3 fully saturated rings. The Bertz CT molecular complexity index is 560. The van der Waals surface area contributed by atoms with Crippen molar-refractivity contribution in [3.05, 3.63) is 36.9 Å². The van der Waals surface area contributed by atoms with Gasteiger partial charge in [-0.1, -0.05) is 6.08 Å². The molecular formula is C18H25N3OS. The van der Waals surface area contributed by atoms with Gasteiger partial charge in [0.05, 0.1) is 7.11 Å². The van der Waals surface area contributed by atoms with Gasteiger partial charge in [-0.2, -0.15) is 0 Å². The molecule has 4 nitrogen and oxygen atoms in total. The zero-order valence-electron chi connectivity index (χ0n) is 13.6. The monoisotopic (exact) mass is 331 g/mol. The Kier molecular flexibility index (Phi) is 5.18.